The SMILES string of the molecule is CCC(CC=CB1OC(C)(C)C(C)(C)O1)OC. The van der Waals surface area contributed by atoms with Gasteiger partial charge in [-0.05, 0) is 40.5 Å². The predicted molar refractivity (Wildman–Crippen MR) is 70.9 cm³/mol. The molecule has 1 rings (SSSR count). The van der Waals surface area contributed by atoms with E-state index in [1.54, 1.807) is 7.11 Å². The lowest BCUT2D eigenvalue weighted by Gasteiger charge is -2.32. The van der Waals surface area contributed by atoms with Crippen molar-refractivity contribution in [3.8, 4) is 0 Å². The van der Waals surface area contributed by atoms with Gasteiger partial charge in [-0.3, -0.25) is 0 Å². The molecule has 1 aliphatic heterocycles. The van der Waals surface area contributed by atoms with Gasteiger partial charge in [0.25, 0.3) is 0 Å². The van der Waals surface area contributed by atoms with Crippen molar-refractivity contribution >= 4 is 7.12 Å². The van der Waals surface area contributed by atoms with Gasteiger partial charge in [-0.25, -0.2) is 0 Å². The van der Waals surface area contributed by atoms with Gasteiger partial charge in [-0.1, -0.05) is 19.0 Å². The highest BCUT2D eigenvalue weighted by Crippen LogP contribution is 2.36. The maximum Gasteiger partial charge on any atom is 0.486 e. The van der Waals surface area contributed by atoms with Crippen LogP contribution in [0.25, 0.3) is 0 Å². The first-order chi connectivity index (χ1) is 7.82. The van der Waals surface area contributed by atoms with Crippen LogP contribution in [0.5, 0.6) is 0 Å². The Morgan fingerprint density at radius 3 is 2.12 bits per heavy atom. The predicted octanol–water partition coefficient (Wildman–Crippen LogP) is 2.99. The maximum atomic E-state index is 5.86. The second kappa shape index (κ2) is 5.55. The van der Waals surface area contributed by atoms with Crippen molar-refractivity contribution in [3.63, 3.8) is 0 Å². The minimum absolute atomic E-state index is 0.241. The molecule has 0 radical (unpaired) electrons. The van der Waals surface area contributed by atoms with Gasteiger partial charge in [0.1, 0.15) is 0 Å². The van der Waals surface area contributed by atoms with Crippen LogP contribution in [0.4, 0.5) is 0 Å². The van der Waals surface area contributed by atoms with Crippen molar-refractivity contribution in [2.45, 2.75) is 64.8 Å². The molecule has 98 valence electrons. The molecule has 4 heteroatoms. The minimum Gasteiger partial charge on any atom is -0.400 e. The summed E-state index contributed by atoms with van der Waals surface area (Å²) in [5, 5.41) is 0. The summed E-state index contributed by atoms with van der Waals surface area (Å²) in [6.07, 6.45) is 4.29. The Balaban J connectivity index is 2.47. The molecule has 0 aliphatic carbocycles. The Hall–Kier alpha value is -0.315. The molecule has 1 atom stereocenters. The topological polar surface area (TPSA) is 27.7 Å². The standard InChI is InChI=1S/C13H25BO3/c1-7-11(15-6)9-8-10-14-16-12(2,3)13(4,5)17-14/h8,10-11H,7,9H2,1-6H3. The number of hydrogen-bond acceptors (Lipinski definition) is 3. The molecule has 0 amide bonds. The highest BCUT2D eigenvalue weighted by atomic mass is 16.7. The molecular weight excluding hydrogens is 215 g/mol. The lowest BCUT2D eigenvalue weighted by molar-refractivity contribution is 0.00578. The zero-order valence-electron chi connectivity index (χ0n) is 11.9. The second-order valence-corrected chi connectivity index (χ2v) is 5.55. The van der Waals surface area contributed by atoms with Crippen LogP contribution in [0.15, 0.2) is 12.1 Å². The van der Waals surface area contributed by atoms with Crippen molar-refractivity contribution in [1.29, 1.82) is 0 Å². The van der Waals surface area contributed by atoms with E-state index in [1.807, 2.05) is 5.98 Å². The molecule has 0 bridgehead atoms. The number of hydrogen-bond donors (Lipinski definition) is 0. The summed E-state index contributed by atoms with van der Waals surface area (Å²) >= 11 is 0. The van der Waals surface area contributed by atoms with Gasteiger partial charge < -0.3 is 14.0 Å². The van der Waals surface area contributed by atoms with Crippen LogP contribution < -0.4 is 0 Å². The van der Waals surface area contributed by atoms with Gasteiger partial charge in [0.2, 0.25) is 0 Å². The molecule has 1 heterocycles. The first kappa shape index (κ1) is 14.7. The van der Waals surface area contributed by atoms with E-state index in [4.69, 9.17) is 14.0 Å². The zero-order chi connectivity index (χ0) is 13.1. The van der Waals surface area contributed by atoms with Gasteiger partial charge >= 0.3 is 7.12 Å². The van der Waals surface area contributed by atoms with E-state index in [0.29, 0.717) is 0 Å². The largest absolute Gasteiger partial charge is 0.486 e. The average Bonchev–Trinajstić information content (AvgIpc) is 2.42. The fraction of sp³-hybridized carbons (Fsp3) is 0.846. The third-order valence-electron chi connectivity index (χ3n) is 3.75. The molecule has 0 N–H and O–H groups in total. The van der Waals surface area contributed by atoms with E-state index >= 15 is 0 Å². The number of rotatable bonds is 5. The molecule has 17 heavy (non-hydrogen) atoms. The first-order valence-electron chi connectivity index (χ1n) is 6.37. The monoisotopic (exact) mass is 240 g/mol. The molecule has 1 saturated heterocycles. The van der Waals surface area contributed by atoms with Crippen LogP contribution in [0.1, 0.15) is 47.5 Å². The molecule has 0 spiro atoms. The summed E-state index contributed by atoms with van der Waals surface area (Å²) in [7, 11) is 1.51. The van der Waals surface area contributed by atoms with Gasteiger partial charge in [-0.15, -0.1) is 0 Å². The lowest BCUT2D eigenvalue weighted by Crippen LogP contribution is -2.41. The van der Waals surface area contributed by atoms with Crippen LogP contribution in [0.2, 0.25) is 0 Å². The van der Waals surface area contributed by atoms with E-state index in [1.165, 1.54) is 0 Å². The van der Waals surface area contributed by atoms with Crippen LogP contribution in [0.3, 0.4) is 0 Å². The molecule has 0 aromatic carbocycles. The molecule has 1 unspecified atom stereocenters. The Kier molecular flexibility index (Phi) is 4.81. The fourth-order valence-electron chi connectivity index (χ4n) is 1.74. The number of ether oxygens (including phenoxy) is 1. The molecule has 1 aliphatic rings. The Morgan fingerprint density at radius 2 is 1.71 bits per heavy atom. The summed E-state index contributed by atoms with van der Waals surface area (Å²) in [6, 6.07) is 0. The quantitative estimate of drug-likeness (QED) is 0.691. The summed E-state index contributed by atoms with van der Waals surface area (Å²) < 4.78 is 17.0. The highest BCUT2D eigenvalue weighted by molar-refractivity contribution is 6.51. The molecule has 0 aromatic rings. The average molecular weight is 240 g/mol. The fourth-order valence-corrected chi connectivity index (χ4v) is 1.74. The summed E-state index contributed by atoms with van der Waals surface area (Å²) in [5.41, 5.74) is -0.513. The lowest BCUT2D eigenvalue weighted by atomic mass is 9.89. The normalized spacial score (nSPS) is 24.5. The Bertz CT molecular complexity index is 254. The summed E-state index contributed by atoms with van der Waals surface area (Å²) in [5.74, 6) is 1.98. The Labute approximate surface area is 106 Å². The number of methoxy groups -OCH3 is 1. The van der Waals surface area contributed by atoms with Gasteiger partial charge in [-0.2, -0.15) is 0 Å². The van der Waals surface area contributed by atoms with Gasteiger partial charge in [0.15, 0.2) is 0 Å². The van der Waals surface area contributed by atoms with Gasteiger partial charge in [0, 0.05) is 7.11 Å². The van der Waals surface area contributed by atoms with Crippen molar-refractivity contribution < 1.29 is 14.0 Å². The smallest absolute Gasteiger partial charge is 0.400 e. The van der Waals surface area contributed by atoms with E-state index in [-0.39, 0.29) is 24.4 Å². The zero-order valence-corrected chi connectivity index (χ0v) is 11.9. The summed E-state index contributed by atoms with van der Waals surface area (Å²) in [6.45, 7) is 10.4. The Morgan fingerprint density at radius 1 is 1.18 bits per heavy atom. The van der Waals surface area contributed by atoms with E-state index in [2.05, 4.69) is 40.7 Å². The first-order valence-corrected chi connectivity index (χ1v) is 6.37. The minimum atomic E-state index is -0.257. The van der Waals surface area contributed by atoms with Crippen molar-refractivity contribution in [2.24, 2.45) is 0 Å². The molecule has 3 nitrogen and oxygen atoms in total. The van der Waals surface area contributed by atoms with Crippen LogP contribution >= 0.6 is 0 Å². The van der Waals surface area contributed by atoms with Crippen molar-refractivity contribution in [2.75, 3.05) is 7.11 Å². The van der Waals surface area contributed by atoms with Crippen LogP contribution in [-0.2, 0) is 14.0 Å². The molecule has 0 saturated carbocycles. The molecule has 0 aromatic heterocycles. The summed E-state index contributed by atoms with van der Waals surface area (Å²) in [4.78, 5) is 0. The van der Waals surface area contributed by atoms with E-state index in [9.17, 15) is 0 Å². The van der Waals surface area contributed by atoms with E-state index in [0.717, 1.165) is 12.8 Å². The highest BCUT2D eigenvalue weighted by Gasteiger charge is 2.49. The van der Waals surface area contributed by atoms with Crippen molar-refractivity contribution in [3.05, 3.63) is 12.1 Å². The third kappa shape index (κ3) is 3.57. The maximum absolute atomic E-state index is 5.86. The van der Waals surface area contributed by atoms with Gasteiger partial charge in [0.05, 0.1) is 17.3 Å². The van der Waals surface area contributed by atoms with Crippen LogP contribution in [-0.4, -0.2) is 31.5 Å². The van der Waals surface area contributed by atoms with Crippen molar-refractivity contribution in [1.82, 2.24) is 0 Å². The van der Waals surface area contributed by atoms with Crippen LogP contribution in [0, 0.1) is 0 Å². The van der Waals surface area contributed by atoms with E-state index < -0.39 is 0 Å². The second-order valence-electron chi connectivity index (χ2n) is 5.55. The third-order valence-corrected chi connectivity index (χ3v) is 3.75. The molecular formula is C13H25BO3. The molecule has 1 fully saturated rings.